The molecule has 1 rings (SSSR count). The van der Waals surface area contributed by atoms with E-state index in [-0.39, 0.29) is 11.8 Å². The van der Waals surface area contributed by atoms with Crippen molar-refractivity contribution in [2.75, 3.05) is 26.7 Å². The molecule has 3 atom stereocenters. The summed E-state index contributed by atoms with van der Waals surface area (Å²) in [7, 11) is 2.13. The van der Waals surface area contributed by atoms with Gasteiger partial charge < -0.3 is 16.0 Å². The van der Waals surface area contributed by atoms with Gasteiger partial charge in [-0.3, -0.25) is 4.79 Å². The zero-order chi connectivity index (χ0) is 12.1. The summed E-state index contributed by atoms with van der Waals surface area (Å²) in [5.41, 5.74) is 5.46. The highest BCUT2D eigenvalue weighted by Gasteiger charge is 2.26. The third-order valence-corrected chi connectivity index (χ3v) is 3.48. The molecule has 94 valence electrons. The summed E-state index contributed by atoms with van der Waals surface area (Å²) in [5.74, 6) is 0.733. The van der Waals surface area contributed by atoms with Crippen molar-refractivity contribution in [3.63, 3.8) is 0 Å². The summed E-state index contributed by atoms with van der Waals surface area (Å²) in [5, 5.41) is 3.15. The van der Waals surface area contributed by atoms with Gasteiger partial charge in [0.15, 0.2) is 0 Å². The van der Waals surface area contributed by atoms with E-state index >= 15 is 0 Å². The van der Waals surface area contributed by atoms with E-state index in [4.69, 9.17) is 5.73 Å². The molecule has 16 heavy (non-hydrogen) atoms. The molecular weight excluding hydrogens is 202 g/mol. The van der Waals surface area contributed by atoms with Crippen molar-refractivity contribution in [3.8, 4) is 0 Å². The molecule has 1 fully saturated rings. The molecule has 0 aromatic rings. The molecule has 1 amide bonds. The first-order valence-corrected chi connectivity index (χ1v) is 6.23. The van der Waals surface area contributed by atoms with Gasteiger partial charge in [0.2, 0.25) is 5.91 Å². The summed E-state index contributed by atoms with van der Waals surface area (Å²) in [6, 6.07) is 0.337. The van der Waals surface area contributed by atoms with Crippen molar-refractivity contribution in [1.29, 1.82) is 0 Å². The average Bonchev–Trinajstić information content (AvgIpc) is 2.22. The zero-order valence-electron chi connectivity index (χ0n) is 10.7. The minimum Gasteiger partial charge on any atom is -0.353 e. The summed E-state index contributed by atoms with van der Waals surface area (Å²) in [6.07, 6.45) is 1.82. The number of nitrogens with two attached hydrogens (primary N) is 1. The van der Waals surface area contributed by atoms with Crippen LogP contribution in [0.5, 0.6) is 0 Å². The monoisotopic (exact) mass is 227 g/mol. The van der Waals surface area contributed by atoms with Crippen molar-refractivity contribution in [2.24, 2.45) is 17.6 Å². The van der Waals surface area contributed by atoms with E-state index in [9.17, 15) is 4.79 Å². The van der Waals surface area contributed by atoms with E-state index in [0.717, 1.165) is 25.9 Å². The van der Waals surface area contributed by atoms with Gasteiger partial charge in [-0.2, -0.15) is 0 Å². The van der Waals surface area contributed by atoms with E-state index in [0.29, 0.717) is 18.5 Å². The second-order valence-corrected chi connectivity index (χ2v) is 5.12. The number of piperidine rings is 1. The van der Waals surface area contributed by atoms with Crippen LogP contribution >= 0.6 is 0 Å². The lowest BCUT2D eigenvalue weighted by Gasteiger charge is -2.35. The van der Waals surface area contributed by atoms with Gasteiger partial charge in [0.1, 0.15) is 0 Å². The maximum absolute atomic E-state index is 11.8. The number of nitrogens with zero attached hydrogens (tertiary/aromatic N) is 1. The smallest absolute Gasteiger partial charge is 0.223 e. The molecule has 0 aliphatic carbocycles. The normalized spacial score (nSPS) is 28.8. The molecule has 1 aliphatic heterocycles. The zero-order valence-corrected chi connectivity index (χ0v) is 10.7. The van der Waals surface area contributed by atoms with Crippen LogP contribution < -0.4 is 11.1 Å². The Bertz CT molecular complexity index is 232. The Morgan fingerprint density at radius 3 is 2.88 bits per heavy atom. The summed E-state index contributed by atoms with van der Waals surface area (Å²) < 4.78 is 0. The van der Waals surface area contributed by atoms with Crippen molar-refractivity contribution in [1.82, 2.24) is 10.2 Å². The van der Waals surface area contributed by atoms with Gasteiger partial charge in [-0.05, 0) is 38.9 Å². The molecule has 0 aromatic carbocycles. The summed E-state index contributed by atoms with van der Waals surface area (Å²) in [4.78, 5) is 14.2. The van der Waals surface area contributed by atoms with E-state index in [2.05, 4.69) is 24.2 Å². The predicted molar refractivity (Wildman–Crippen MR) is 66.0 cm³/mol. The summed E-state index contributed by atoms with van der Waals surface area (Å²) >= 11 is 0. The maximum Gasteiger partial charge on any atom is 0.223 e. The highest BCUT2D eigenvalue weighted by molar-refractivity contribution is 5.78. The molecule has 0 spiro atoms. The SMILES string of the molecule is CC(CCN)C(=O)NC1CCN(C)CC1C. The molecule has 1 saturated heterocycles. The number of carbonyl (C=O) groups excluding carboxylic acids is 1. The van der Waals surface area contributed by atoms with Gasteiger partial charge in [0, 0.05) is 18.5 Å². The lowest BCUT2D eigenvalue weighted by Crippen LogP contribution is -2.50. The van der Waals surface area contributed by atoms with Crippen molar-refractivity contribution < 1.29 is 4.79 Å². The second kappa shape index (κ2) is 6.21. The van der Waals surface area contributed by atoms with Gasteiger partial charge in [-0.15, -0.1) is 0 Å². The van der Waals surface area contributed by atoms with Crippen molar-refractivity contribution in [3.05, 3.63) is 0 Å². The number of amides is 1. The first kappa shape index (κ1) is 13.5. The van der Waals surface area contributed by atoms with Gasteiger partial charge in [-0.1, -0.05) is 13.8 Å². The molecule has 1 aliphatic rings. The molecule has 0 aromatic heterocycles. The van der Waals surface area contributed by atoms with Gasteiger partial charge in [0.05, 0.1) is 0 Å². The molecule has 3 N–H and O–H groups in total. The summed E-state index contributed by atoms with van der Waals surface area (Å²) in [6.45, 7) is 6.87. The maximum atomic E-state index is 11.8. The Kier molecular flexibility index (Phi) is 5.22. The Balaban J connectivity index is 2.38. The third-order valence-electron chi connectivity index (χ3n) is 3.48. The van der Waals surface area contributed by atoms with Crippen LogP contribution in [-0.4, -0.2) is 43.5 Å². The predicted octanol–water partition coefficient (Wildman–Crippen LogP) is 0.428. The lowest BCUT2D eigenvalue weighted by atomic mass is 9.93. The van der Waals surface area contributed by atoms with Crippen LogP contribution in [0.1, 0.15) is 26.7 Å². The standard InChI is InChI=1S/C12H25N3O/c1-9(4-6-13)12(16)14-11-5-7-15(3)8-10(11)2/h9-11H,4-8,13H2,1-3H3,(H,14,16). The topological polar surface area (TPSA) is 58.4 Å². The fraction of sp³-hybridized carbons (Fsp3) is 0.917. The van der Waals surface area contributed by atoms with Gasteiger partial charge in [-0.25, -0.2) is 0 Å². The van der Waals surface area contributed by atoms with E-state index in [1.165, 1.54) is 0 Å². The number of nitrogens with one attached hydrogen (secondary N) is 1. The van der Waals surface area contributed by atoms with Crippen molar-refractivity contribution >= 4 is 5.91 Å². The van der Waals surface area contributed by atoms with Gasteiger partial charge in [0.25, 0.3) is 0 Å². The number of rotatable bonds is 4. The van der Waals surface area contributed by atoms with E-state index < -0.39 is 0 Å². The molecule has 0 saturated carbocycles. The lowest BCUT2D eigenvalue weighted by molar-refractivity contribution is -0.126. The van der Waals surface area contributed by atoms with E-state index in [1.54, 1.807) is 0 Å². The largest absolute Gasteiger partial charge is 0.353 e. The number of hydrogen-bond donors (Lipinski definition) is 2. The van der Waals surface area contributed by atoms with Crippen LogP contribution in [0, 0.1) is 11.8 Å². The fourth-order valence-electron chi connectivity index (χ4n) is 2.27. The molecule has 0 radical (unpaired) electrons. The second-order valence-electron chi connectivity index (χ2n) is 5.12. The van der Waals surface area contributed by atoms with Crippen LogP contribution in [0.4, 0.5) is 0 Å². The third kappa shape index (κ3) is 3.76. The molecular formula is C12H25N3O. The van der Waals surface area contributed by atoms with Crippen LogP contribution in [0.3, 0.4) is 0 Å². The number of hydrogen-bond acceptors (Lipinski definition) is 3. The molecule has 0 bridgehead atoms. The van der Waals surface area contributed by atoms with Crippen LogP contribution in [0.2, 0.25) is 0 Å². The van der Waals surface area contributed by atoms with Crippen molar-refractivity contribution in [2.45, 2.75) is 32.7 Å². The van der Waals surface area contributed by atoms with Crippen LogP contribution in [0.15, 0.2) is 0 Å². The molecule has 1 heterocycles. The minimum atomic E-state index is 0.0388. The Morgan fingerprint density at radius 1 is 1.62 bits per heavy atom. The first-order valence-electron chi connectivity index (χ1n) is 6.23. The Morgan fingerprint density at radius 2 is 2.31 bits per heavy atom. The highest BCUT2D eigenvalue weighted by atomic mass is 16.1. The minimum absolute atomic E-state index is 0.0388. The first-order chi connectivity index (χ1) is 7.54. The fourth-order valence-corrected chi connectivity index (χ4v) is 2.27. The van der Waals surface area contributed by atoms with Gasteiger partial charge >= 0.3 is 0 Å². The Hall–Kier alpha value is -0.610. The average molecular weight is 227 g/mol. The quantitative estimate of drug-likeness (QED) is 0.732. The molecule has 4 nitrogen and oxygen atoms in total. The highest BCUT2D eigenvalue weighted by Crippen LogP contribution is 2.16. The number of carbonyl (C=O) groups is 1. The molecule has 3 unspecified atom stereocenters. The van der Waals surface area contributed by atoms with E-state index in [1.807, 2.05) is 6.92 Å². The van der Waals surface area contributed by atoms with Crippen LogP contribution in [0.25, 0.3) is 0 Å². The number of likely N-dealkylation sites (tertiary alicyclic amines) is 1. The van der Waals surface area contributed by atoms with Crippen LogP contribution in [-0.2, 0) is 4.79 Å². The molecule has 4 heteroatoms. The Labute approximate surface area is 98.6 Å².